The van der Waals surface area contributed by atoms with Gasteiger partial charge in [0.2, 0.25) is 5.91 Å². The Kier molecular flexibility index (Phi) is 4.73. The van der Waals surface area contributed by atoms with Crippen molar-refractivity contribution in [2.45, 2.75) is 45.1 Å². The van der Waals surface area contributed by atoms with E-state index in [1.54, 1.807) is 17.8 Å². The molecule has 1 aliphatic heterocycles. The number of pyridine rings is 1. The summed E-state index contributed by atoms with van der Waals surface area (Å²) in [7, 11) is 1.80. The summed E-state index contributed by atoms with van der Waals surface area (Å²) in [5.74, 6) is -0.335. The lowest BCUT2D eigenvalue weighted by atomic mass is 9.93. The summed E-state index contributed by atoms with van der Waals surface area (Å²) in [6.07, 6.45) is 7.31. The molecule has 1 saturated carbocycles. The first-order valence-corrected chi connectivity index (χ1v) is 8.73. The molecule has 2 heterocycles. The highest BCUT2D eigenvalue weighted by molar-refractivity contribution is 5.96. The highest BCUT2D eigenvalue weighted by Gasteiger charge is 2.33. The topological polar surface area (TPSA) is 62.6 Å². The van der Waals surface area contributed by atoms with Gasteiger partial charge in [-0.15, -0.1) is 0 Å². The summed E-state index contributed by atoms with van der Waals surface area (Å²) in [4.78, 5) is 40.7. The number of rotatable bonds is 2. The number of hydrogen-bond acceptors (Lipinski definition) is 3. The normalized spacial score (nSPS) is 19.7. The van der Waals surface area contributed by atoms with E-state index in [-0.39, 0.29) is 29.4 Å². The van der Waals surface area contributed by atoms with Gasteiger partial charge in [-0.3, -0.25) is 14.4 Å². The Labute approximate surface area is 142 Å². The summed E-state index contributed by atoms with van der Waals surface area (Å²) >= 11 is 0. The van der Waals surface area contributed by atoms with Crippen molar-refractivity contribution in [3.05, 3.63) is 33.7 Å². The molecule has 2 fully saturated rings. The minimum Gasteiger partial charge on any atom is -0.354 e. The van der Waals surface area contributed by atoms with E-state index in [4.69, 9.17) is 0 Å². The van der Waals surface area contributed by atoms with Crippen LogP contribution >= 0.6 is 0 Å². The molecule has 1 saturated heterocycles. The van der Waals surface area contributed by atoms with Crippen LogP contribution in [0.15, 0.2) is 17.1 Å². The van der Waals surface area contributed by atoms with Gasteiger partial charge in [0.05, 0.1) is 0 Å². The van der Waals surface area contributed by atoms with Gasteiger partial charge in [0.15, 0.2) is 5.43 Å². The summed E-state index contributed by atoms with van der Waals surface area (Å²) in [5, 5.41) is 0. The van der Waals surface area contributed by atoms with Crippen molar-refractivity contribution in [1.29, 1.82) is 0 Å². The molecule has 1 aliphatic carbocycles. The number of nitrogens with zero attached hydrogens (tertiary/aromatic N) is 3. The molecule has 2 aliphatic rings. The van der Waals surface area contributed by atoms with Gasteiger partial charge >= 0.3 is 0 Å². The molecule has 0 bridgehead atoms. The van der Waals surface area contributed by atoms with Crippen LogP contribution < -0.4 is 5.43 Å². The maximum Gasteiger partial charge on any atom is 0.259 e. The van der Waals surface area contributed by atoms with Gasteiger partial charge in [0.25, 0.3) is 5.91 Å². The molecule has 2 amide bonds. The predicted molar refractivity (Wildman–Crippen MR) is 90.9 cm³/mol. The van der Waals surface area contributed by atoms with Crippen molar-refractivity contribution >= 4 is 11.8 Å². The lowest BCUT2D eigenvalue weighted by molar-refractivity contribution is -0.138. The van der Waals surface area contributed by atoms with Crippen LogP contribution in [-0.2, 0) is 11.8 Å². The fraction of sp³-hybridized carbons (Fsp3) is 0.611. The molecule has 0 atom stereocenters. The van der Waals surface area contributed by atoms with Gasteiger partial charge in [0, 0.05) is 44.1 Å². The lowest BCUT2D eigenvalue weighted by Gasteiger charge is -2.40. The minimum absolute atomic E-state index is 0.00503. The monoisotopic (exact) mass is 331 g/mol. The van der Waals surface area contributed by atoms with Gasteiger partial charge in [-0.1, -0.05) is 19.3 Å². The number of carbonyl (C=O) groups excluding carboxylic acids is 2. The van der Waals surface area contributed by atoms with E-state index in [0.717, 1.165) is 18.5 Å². The van der Waals surface area contributed by atoms with Crippen molar-refractivity contribution in [2.24, 2.45) is 7.05 Å². The maximum atomic E-state index is 12.7. The standard InChI is InChI=1S/C18H25N3O3/c1-13-10-16(22)15(11-19(13)2)18(24)20-8-9-21(17(23)12-20)14-6-4-3-5-7-14/h10-11,14H,3-9,12H2,1-2H3. The van der Waals surface area contributed by atoms with Crippen LogP contribution in [0.5, 0.6) is 0 Å². The largest absolute Gasteiger partial charge is 0.354 e. The third-order valence-electron chi connectivity index (χ3n) is 5.27. The minimum atomic E-state index is -0.341. The van der Waals surface area contributed by atoms with Crippen molar-refractivity contribution in [2.75, 3.05) is 19.6 Å². The Morgan fingerprint density at radius 3 is 2.50 bits per heavy atom. The number of aryl methyl sites for hydroxylation is 2. The van der Waals surface area contributed by atoms with Crippen LogP contribution in [0.2, 0.25) is 0 Å². The van der Waals surface area contributed by atoms with Crippen molar-refractivity contribution in [3.8, 4) is 0 Å². The Balaban J connectivity index is 1.71. The Morgan fingerprint density at radius 2 is 1.83 bits per heavy atom. The second-order valence-corrected chi connectivity index (χ2v) is 6.91. The Morgan fingerprint density at radius 1 is 1.12 bits per heavy atom. The molecule has 24 heavy (non-hydrogen) atoms. The molecule has 0 spiro atoms. The van der Waals surface area contributed by atoms with Crippen LogP contribution in [0.3, 0.4) is 0 Å². The van der Waals surface area contributed by atoms with E-state index < -0.39 is 0 Å². The average Bonchev–Trinajstić information content (AvgIpc) is 2.58. The zero-order valence-electron chi connectivity index (χ0n) is 14.5. The number of amides is 2. The third kappa shape index (κ3) is 3.23. The van der Waals surface area contributed by atoms with Gasteiger partial charge in [-0.2, -0.15) is 0 Å². The first kappa shape index (κ1) is 16.7. The highest BCUT2D eigenvalue weighted by atomic mass is 16.2. The van der Waals surface area contributed by atoms with Gasteiger partial charge < -0.3 is 14.4 Å². The van der Waals surface area contributed by atoms with Crippen molar-refractivity contribution in [3.63, 3.8) is 0 Å². The molecular weight excluding hydrogens is 306 g/mol. The van der Waals surface area contributed by atoms with E-state index in [0.29, 0.717) is 19.1 Å². The van der Waals surface area contributed by atoms with E-state index >= 15 is 0 Å². The molecule has 1 aromatic heterocycles. The van der Waals surface area contributed by atoms with E-state index in [2.05, 4.69) is 0 Å². The van der Waals surface area contributed by atoms with Gasteiger partial charge in [-0.05, 0) is 19.8 Å². The zero-order valence-corrected chi connectivity index (χ0v) is 14.5. The molecule has 0 unspecified atom stereocenters. The van der Waals surface area contributed by atoms with Crippen LogP contribution in [-0.4, -0.2) is 51.9 Å². The summed E-state index contributed by atoms with van der Waals surface area (Å²) in [5.41, 5.74) is 0.662. The fourth-order valence-electron chi connectivity index (χ4n) is 3.70. The van der Waals surface area contributed by atoms with Gasteiger partial charge in [0.1, 0.15) is 12.1 Å². The van der Waals surface area contributed by atoms with Gasteiger partial charge in [-0.25, -0.2) is 0 Å². The predicted octanol–water partition coefficient (Wildman–Crippen LogP) is 1.31. The van der Waals surface area contributed by atoms with E-state index in [1.807, 2.05) is 11.8 Å². The number of carbonyl (C=O) groups is 2. The molecule has 0 N–H and O–H groups in total. The fourth-order valence-corrected chi connectivity index (χ4v) is 3.70. The Hall–Kier alpha value is -2.11. The number of piperazine rings is 1. The summed E-state index contributed by atoms with van der Waals surface area (Å²) in [6, 6.07) is 1.80. The molecule has 1 aromatic rings. The third-order valence-corrected chi connectivity index (χ3v) is 5.27. The molecule has 6 heteroatoms. The number of hydrogen-bond donors (Lipinski definition) is 0. The lowest BCUT2D eigenvalue weighted by Crippen LogP contribution is -2.56. The SMILES string of the molecule is Cc1cc(=O)c(C(=O)N2CCN(C3CCCCC3)C(=O)C2)cn1C. The van der Waals surface area contributed by atoms with E-state index in [1.165, 1.54) is 30.2 Å². The maximum absolute atomic E-state index is 12.7. The van der Waals surface area contributed by atoms with Crippen molar-refractivity contribution in [1.82, 2.24) is 14.4 Å². The Bertz CT molecular complexity index is 704. The first-order valence-electron chi connectivity index (χ1n) is 8.73. The molecular formula is C18H25N3O3. The quantitative estimate of drug-likeness (QED) is 0.821. The first-order chi connectivity index (χ1) is 11.5. The number of aromatic nitrogens is 1. The molecule has 130 valence electrons. The summed E-state index contributed by atoms with van der Waals surface area (Å²) < 4.78 is 1.76. The molecule has 0 radical (unpaired) electrons. The molecule has 6 nitrogen and oxygen atoms in total. The van der Waals surface area contributed by atoms with Crippen LogP contribution in [0.1, 0.15) is 48.2 Å². The second-order valence-electron chi connectivity index (χ2n) is 6.91. The summed E-state index contributed by atoms with van der Waals surface area (Å²) in [6.45, 7) is 2.97. The van der Waals surface area contributed by atoms with Crippen LogP contribution in [0, 0.1) is 6.92 Å². The average molecular weight is 331 g/mol. The smallest absolute Gasteiger partial charge is 0.259 e. The van der Waals surface area contributed by atoms with E-state index in [9.17, 15) is 14.4 Å². The highest BCUT2D eigenvalue weighted by Crippen LogP contribution is 2.24. The van der Waals surface area contributed by atoms with Crippen LogP contribution in [0.4, 0.5) is 0 Å². The molecule has 3 rings (SSSR count). The van der Waals surface area contributed by atoms with Crippen LogP contribution in [0.25, 0.3) is 0 Å². The molecule has 0 aromatic carbocycles. The second kappa shape index (κ2) is 6.79. The van der Waals surface area contributed by atoms with Crippen molar-refractivity contribution < 1.29 is 9.59 Å². The zero-order chi connectivity index (χ0) is 17.3.